The Hall–Kier alpha value is -2.21. The standard InChI is InChI=1S/C17H25F3N4O4S/c1-21-16(23-11-13-9-14(28-2)3-4-15(13)25)22-10-12-5-7-24(8-6-12)29(26,27)17(18,19)20/h3-4,9,12,25H,5-8,10-11H2,1-2H3,(H2,21,22,23). The number of nitrogens with one attached hydrogen (secondary N) is 2. The zero-order chi connectivity index (χ0) is 21.7. The van der Waals surface area contributed by atoms with Crippen LogP contribution in [0.4, 0.5) is 13.2 Å². The van der Waals surface area contributed by atoms with E-state index in [1.165, 1.54) is 13.2 Å². The van der Waals surface area contributed by atoms with Gasteiger partial charge in [0.2, 0.25) is 0 Å². The smallest absolute Gasteiger partial charge is 0.508 e. The number of guanidine groups is 1. The number of sulfonamides is 1. The number of hydrogen-bond donors (Lipinski definition) is 3. The van der Waals surface area contributed by atoms with E-state index in [0.29, 0.717) is 41.0 Å². The van der Waals surface area contributed by atoms with Crippen molar-refractivity contribution in [3.63, 3.8) is 0 Å². The van der Waals surface area contributed by atoms with Gasteiger partial charge in [-0.3, -0.25) is 4.99 Å². The van der Waals surface area contributed by atoms with E-state index in [0.717, 1.165) is 0 Å². The van der Waals surface area contributed by atoms with Crippen LogP contribution >= 0.6 is 0 Å². The van der Waals surface area contributed by atoms with Gasteiger partial charge in [0.25, 0.3) is 0 Å². The van der Waals surface area contributed by atoms with Crippen LogP contribution in [0.3, 0.4) is 0 Å². The Morgan fingerprint density at radius 1 is 1.31 bits per heavy atom. The van der Waals surface area contributed by atoms with Crippen molar-refractivity contribution in [2.75, 3.05) is 33.8 Å². The second-order valence-electron chi connectivity index (χ2n) is 6.59. The number of hydrogen-bond acceptors (Lipinski definition) is 5. The van der Waals surface area contributed by atoms with Gasteiger partial charge in [0, 0.05) is 38.8 Å². The number of benzene rings is 1. The van der Waals surface area contributed by atoms with Crippen molar-refractivity contribution in [3.8, 4) is 11.5 Å². The van der Waals surface area contributed by atoms with E-state index in [9.17, 15) is 26.7 Å². The van der Waals surface area contributed by atoms with Crippen LogP contribution in [-0.2, 0) is 16.6 Å². The number of aromatic hydroxyl groups is 1. The fourth-order valence-corrected chi connectivity index (χ4v) is 3.96. The van der Waals surface area contributed by atoms with Crippen LogP contribution in [-0.4, -0.2) is 63.1 Å². The summed E-state index contributed by atoms with van der Waals surface area (Å²) >= 11 is 0. The molecule has 12 heteroatoms. The van der Waals surface area contributed by atoms with Gasteiger partial charge in [-0.2, -0.15) is 17.5 Å². The van der Waals surface area contributed by atoms with Gasteiger partial charge in [0.1, 0.15) is 11.5 Å². The number of phenols is 1. The molecule has 0 amide bonds. The normalized spacial score (nSPS) is 17.2. The minimum Gasteiger partial charge on any atom is -0.508 e. The first-order valence-electron chi connectivity index (χ1n) is 8.95. The largest absolute Gasteiger partial charge is 0.511 e. The first kappa shape index (κ1) is 23.1. The number of alkyl halides is 3. The highest BCUT2D eigenvalue weighted by Gasteiger charge is 2.50. The fourth-order valence-electron chi connectivity index (χ4n) is 2.97. The molecule has 3 N–H and O–H groups in total. The molecule has 2 rings (SSSR count). The van der Waals surface area contributed by atoms with Gasteiger partial charge >= 0.3 is 15.5 Å². The third kappa shape index (κ3) is 5.89. The van der Waals surface area contributed by atoms with Gasteiger partial charge in [-0.15, -0.1) is 0 Å². The van der Waals surface area contributed by atoms with Crippen molar-refractivity contribution in [2.24, 2.45) is 10.9 Å². The molecular weight excluding hydrogens is 413 g/mol. The zero-order valence-electron chi connectivity index (χ0n) is 16.2. The molecule has 1 heterocycles. The maximum Gasteiger partial charge on any atom is 0.511 e. The Balaban J connectivity index is 1.82. The summed E-state index contributed by atoms with van der Waals surface area (Å²) in [5.74, 6) is 1.17. The summed E-state index contributed by atoms with van der Waals surface area (Å²) < 4.78 is 66.4. The Morgan fingerprint density at radius 2 is 1.97 bits per heavy atom. The summed E-state index contributed by atoms with van der Waals surface area (Å²) in [7, 11) is -2.17. The Kier molecular flexibility index (Phi) is 7.58. The van der Waals surface area contributed by atoms with E-state index in [-0.39, 0.29) is 31.3 Å². The summed E-state index contributed by atoms with van der Waals surface area (Å²) in [6.45, 7) is 0.379. The van der Waals surface area contributed by atoms with Gasteiger partial charge < -0.3 is 20.5 Å². The number of methoxy groups -OCH3 is 1. The van der Waals surface area contributed by atoms with Crippen molar-refractivity contribution in [2.45, 2.75) is 24.9 Å². The maximum absolute atomic E-state index is 12.6. The van der Waals surface area contributed by atoms with Crippen molar-refractivity contribution in [1.82, 2.24) is 14.9 Å². The molecule has 1 aromatic carbocycles. The second kappa shape index (κ2) is 9.53. The second-order valence-corrected chi connectivity index (χ2v) is 8.52. The minimum absolute atomic E-state index is 0.0125. The Bertz CT molecular complexity index is 822. The van der Waals surface area contributed by atoms with E-state index in [4.69, 9.17) is 4.74 Å². The summed E-state index contributed by atoms with van der Waals surface area (Å²) in [5, 5.41) is 16.0. The third-order valence-electron chi connectivity index (χ3n) is 4.72. The summed E-state index contributed by atoms with van der Waals surface area (Å²) in [4.78, 5) is 4.07. The van der Waals surface area contributed by atoms with Gasteiger partial charge in [-0.25, -0.2) is 8.42 Å². The molecule has 0 atom stereocenters. The predicted octanol–water partition coefficient (Wildman–Crippen LogP) is 1.63. The lowest BCUT2D eigenvalue weighted by molar-refractivity contribution is -0.0496. The highest BCUT2D eigenvalue weighted by molar-refractivity contribution is 7.90. The minimum atomic E-state index is -5.27. The van der Waals surface area contributed by atoms with E-state index in [1.54, 1.807) is 19.2 Å². The number of rotatable bonds is 6. The maximum atomic E-state index is 12.6. The van der Waals surface area contributed by atoms with Crippen molar-refractivity contribution >= 4 is 16.0 Å². The number of halogens is 3. The molecule has 0 spiro atoms. The van der Waals surface area contributed by atoms with Crippen molar-refractivity contribution in [3.05, 3.63) is 23.8 Å². The molecule has 1 aliphatic heterocycles. The number of ether oxygens (including phenoxy) is 1. The molecule has 0 unspecified atom stereocenters. The molecular formula is C17H25F3N4O4S. The van der Waals surface area contributed by atoms with Crippen LogP contribution < -0.4 is 15.4 Å². The Labute approximate surface area is 167 Å². The molecule has 1 aromatic rings. The topological polar surface area (TPSA) is 103 Å². The lowest BCUT2D eigenvalue weighted by Gasteiger charge is -2.31. The molecule has 0 bridgehead atoms. The average molecular weight is 438 g/mol. The number of phenolic OH excluding ortho intramolecular Hbond substituents is 1. The fraction of sp³-hybridized carbons (Fsp3) is 0.588. The third-order valence-corrected chi connectivity index (χ3v) is 6.35. The molecule has 8 nitrogen and oxygen atoms in total. The molecule has 0 aliphatic carbocycles. The molecule has 0 radical (unpaired) electrons. The van der Waals surface area contributed by atoms with Crippen LogP contribution in [0.5, 0.6) is 11.5 Å². The highest BCUT2D eigenvalue weighted by Crippen LogP contribution is 2.30. The summed E-state index contributed by atoms with van der Waals surface area (Å²) in [5.41, 5.74) is -4.66. The Morgan fingerprint density at radius 3 is 2.52 bits per heavy atom. The van der Waals surface area contributed by atoms with E-state index >= 15 is 0 Å². The predicted molar refractivity (Wildman–Crippen MR) is 102 cm³/mol. The molecule has 0 saturated carbocycles. The molecule has 1 fully saturated rings. The summed E-state index contributed by atoms with van der Waals surface area (Å²) in [6.07, 6.45) is 0.631. The monoisotopic (exact) mass is 438 g/mol. The van der Waals surface area contributed by atoms with Crippen LogP contribution in [0, 0.1) is 5.92 Å². The number of aliphatic imine (C=N–C) groups is 1. The van der Waals surface area contributed by atoms with Gasteiger partial charge in [-0.05, 0) is 37.0 Å². The van der Waals surface area contributed by atoms with Gasteiger partial charge in [-0.1, -0.05) is 0 Å². The molecule has 1 saturated heterocycles. The molecule has 164 valence electrons. The van der Waals surface area contributed by atoms with E-state index in [1.807, 2.05) is 0 Å². The van der Waals surface area contributed by atoms with Gasteiger partial charge in [0.05, 0.1) is 7.11 Å². The SMILES string of the molecule is CN=C(NCc1cc(OC)ccc1O)NCC1CCN(S(=O)(=O)C(F)(F)F)CC1. The highest BCUT2D eigenvalue weighted by atomic mass is 32.2. The average Bonchev–Trinajstić information content (AvgIpc) is 2.68. The lowest BCUT2D eigenvalue weighted by Crippen LogP contribution is -2.47. The van der Waals surface area contributed by atoms with Crippen molar-refractivity contribution < 1.29 is 31.4 Å². The number of piperidine rings is 1. The first-order valence-corrected chi connectivity index (χ1v) is 10.4. The van der Waals surface area contributed by atoms with Crippen LogP contribution in [0.15, 0.2) is 23.2 Å². The van der Waals surface area contributed by atoms with Gasteiger partial charge in [0.15, 0.2) is 5.96 Å². The number of nitrogens with zero attached hydrogens (tertiary/aromatic N) is 2. The molecule has 0 aromatic heterocycles. The van der Waals surface area contributed by atoms with E-state index < -0.39 is 15.5 Å². The first-order chi connectivity index (χ1) is 13.6. The molecule has 29 heavy (non-hydrogen) atoms. The van der Waals surface area contributed by atoms with Crippen LogP contribution in [0.25, 0.3) is 0 Å². The lowest BCUT2D eigenvalue weighted by atomic mass is 9.98. The summed E-state index contributed by atoms with van der Waals surface area (Å²) in [6, 6.07) is 4.85. The quantitative estimate of drug-likeness (QED) is 0.461. The molecule has 1 aliphatic rings. The van der Waals surface area contributed by atoms with E-state index in [2.05, 4.69) is 15.6 Å². The van der Waals surface area contributed by atoms with Crippen LogP contribution in [0.2, 0.25) is 0 Å². The van der Waals surface area contributed by atoms with Crippen molar-refractivity contribution in [1.29, 1.82) is 0 Å². The zero-order valence-corrected chi connectivity index (χ0v) is 17.0. The van der Waals surface area contributed by atoms with Crippen LogP contribution in [0.1, 0.15) is 18.4 Å².